The van der Waals surface area contributed by atoms with Crippen molar-refractivity contribution in [1.29, 1.82) is 0 Å². The molecule has 0 aliphatic carbocycles. The molecule has 0 atom stereocenters. The van der Waals surface area contributed by atoms with Gasteiger partial charge in [-0.15, -0.1) is 0 Å². The molecule has 0 radical (unpaired) electrons. The fourth-order valence-corrected chi connectivity index (χ4v) is 3.49. The van der Waals surface area contributed by atoms with E-state index >= 15 is 0 Å². The van der Waals surface area contributed by atoms with Crippen LogP contribution in [0.2, 0.25) is 0 Å². The molecule has 2 aromatic carbocycles. The summed E-state index contributed by atoms with van der Waals surface area (Å²) in [5, 5.41) is 3.09. The molecule has 0 bridgehead atoms. The summed E-state index contributed by atoms with van der Waals surface area (Å²) in [5.74, 6) is 1.39. The van der Waals surface area contributed by atoms with Gasteiger partial charge < -0.3 is 19.7 Å². The molecule has 30 heavy (non-hydrogen) atoms. The van der Waals surface area contributed by atoms with Crippen LogP contribution in [0.5, 0.6) is 11.5 Å². The molecule has 2 amide bonds. The van der Waals surface area contributed by atoms with E-state index in [-0.39, 0.29) is 17.9 Å². The lowest BCUT2D eigenvalue weighted by Crippen LogP contribution is -2.46. The number of rotatable bonds is 8. The lowest BCUT2D eigenvalue weighted by molar-refractivity contribution is 0.0698. The number of carbonyl (C=O) groups excluding carboxylic acids is 2. The molecule has 1 N–H and O–H groups in total. The molecule has 6 heteroatoms. The smallest absolute Gasteiger partial charge is 0.253 e. The number of likely N-dealkylation sites (tertiary alicyclic amines) is 1. The monoisotopic (exact) mass is 410 g/mol. The summed E-state index contributed by atoms with van der Waals surface area (Å²) in [5.41, 5.74) is 1.25. The van der Waals surface area contributed by atoms with Gasteiger partial charge in [0.2, 0.25) is 0 Å². The van der Waals surface area contributed by atoms with Gasteiger partial charge in [0.25, 0.3) is 11.8 Å². The molecular formula is C24H30N2O4. The minimum absolute atomic E-state index is 0.0172. The van der Waals surface area contributed by atoms with Gasteiger partial charge in [-0.05, 0) is 68.7 Å². The molecule has 2 aromatic rings. The SMILES string of the molecule is CCCOc1cccc(C(=O)NC2CCN(C(=O)c3ccc(OCC)cc3)CC2)c1. The first-order valence-electron chi connectivity index (χ1n) is 10.7. The van der Waals surface area contributed by atoms with Crippen molar-refractivity contribution >= 4 is 11.8 Å². The minimum atomic E-state index is -0.103. The topological polar surface area (TPSA) is 67.9 Å². The Morgan fingerprint density at radius 2 is 1.70 bits per heavy atom. The summed E-state index contributed by atoms with van der Waals surface area (Å²) in [6.07, 6.45) is 2.39. The molecule has 3 rings (SSSR count). The van der Waals surface area contributed by atoms with Gasteiger partial charge in [-0.1, -0.05) is 13.0 Å². The Labute approximate surface area is 178 Å². The Morgan fingerprint density at radius 3 is 2.37 bits per heavy atom. The van der Waals surface area contributed by atoms with Crippen LogP contribution in [0, 0.1) is 0 Å². The number of carbonyl (C=O) groups is 2. The summed E-state index contributed by atoms with van der Waals surface area (Å²) in [6.45, 7) is 6.45. The third-order valence-electron chi connectivity index (χ3n) is 5.10. The average Bonchev–Trinajstić information content (AvgIpc) is 2.78. The molecule has 0 aromatic heterocycles. The van der Waals surface area contributed by atoms with E-state index in [1.807, 2.05) is 43.0 Å². The van der Waals surface area contributed by atoms with E-state index < -0.39 is 0 Å². The fraction of sp³-hybridized carbons (Fsp3) is 0.417. The predicted octanol–water partition coefficient (Wildman–Crippen LogP) is 3.91. The fourth-order valence-electron chi connectivity index (χ4n) is 3.49. The summed E-state index contributed by atoms with van der Waals surface area (Å²) < 4.78 is 11.0. The highest BCUT2D eigenvalue weighted by Crippen LogP contribution is 2.18. The number of nitrogens with one attached hydrogen (secondary N) is 1. The van der Waals surface area contributed by atoms with Crippen LogP contribution in [-0.4, -0.2) is 49.1 Å². The quantitative estimate of drug-likeness (QED) is 0.717. The van der Waals surface area contributed by atoms with Crippen molar-refractivity contribution < 1.29 is 19.1 Å². The van der Waals surface area contributed by atoms with Gasteiger partial charge in [-0.2, -0.15) is 0 Å². The number of ether oxygens (including phenoxy) is 2. The van der Waals surface area contributed by atoms with E-state index in [2.05, 4.69) is 5.32 Å². The number of nitrogens with zero attached hydrogens (tertiary/aromatic N) is 1. The van der Waals surface area contributed by atoms with Crippen LogP contribution in [0.15, 0.2) is 48.5 Å². The molecule has 1 saturated heterocycles. The average molecular weight is 411 g/mol. The Bertz CT molecular complexity index is 843. The summed E-state index contributed by atoms with van der Waals surface area (Å²) in [6, 6.07) is 14.6. The van der Waals surface area contributed by atoms with Crippen LogP contribution in [0.1, 0.15) is 53.8 Å². The van der Waals surface area contributed by atoms with Gasteiger partial charge in [-0.25, -0.2) is 0 Å². The first-order chi connectivity index (χ1) is 14.6. The third-order valence-corrected chi connectivity index (χ3v) is 5.10. The zero-order chi connectivity index (χ0) is 21.3. The lowest BCUT2D eigenvalue weighted by atomic mass is 10.0. The highest BCUT2D eigenvalue weighted by atomic mass is 16.5. The van der Waals surface area contributed by atoms with E-state index in [4.69, 9.17) is 9.47 Å². The van der Waals surface area contributed by atoms with Gasteiger partial charge in [0.05, 0.1) is 13.2 Å². The highest BCUT2D eigenvalue weighted by molar-refractivity contribution is 5.95. The van der Waals surface area contributed by atoms with E-state index in [1.165, 1.54) is 0 Å². The molecule has 0 saturated carbocycles. The van der Waals surface area contributed by atoms with Crippen LogP contribution in [0.3, 0.4) is 0 Å². The van der Waals surface area contributed by atoms with Gasteiger partial charge in [0, 0.05) is 30.3 Å². The Balaban J connectivity index is 1.50. The molecule has 1 aliphatic rings. The second kappa shape index (κ2) is 10.7. The van der Waals surface area contributed by atoms with Crippen molar-refractivity contribution in [1.82, 2.24) is 10.2 Å². The third kappa shape index (κ3) is 5.75. The van der Waals surface area contributed by atoms with Crippen molar-refractivity contribution in [2.24, 2.45) is 0 Å². The van der Waals surface area contributed by atoms with Crippen molar-refractivity contribution in [3.63, 3.8) is 0 Å². The zero-order valence-electron chi connectivity index (χ0n) is 17.7. The van der Waals surface area contributed by atoms with Crippen LogP contribution in [0.4, 0.5) is 0 Å². The maximum atomic E-state index is 12.7. The van der Waals surface area contributed by atoms with E-state index in [1.54, 1.807) is 24.3 Å². The summed E-state index contributed by atoms with van der Waals surface area (Å²) >= 11 is 0. The first kappa shape index (κ1) is 21.7. The standard InChI is InChI=1S/C24H30N2O4/c1-3-16-30-22-7-5-6-19(17-22)23(27)25-20-12-14-26(15-13-20)24(28)18-8-10-21(11-9-18)29-4-2/h5-11,17,20H,3-4,12-16H2,1-2H3,(H,25,27). The van der Waals surface area contributed by atoms with Crippen molar-refractivity contribution in [2.75, 3.05) is 26.3 Å². The highest BCUT2D eigenvalue weighted by Gasteiger charge is 2.25. The largest absolute Gasteiger partial charge is 0.494 e. The minimum Gasteiger partial charge on any atom is -0.494 e. The predicted molar refractivity (Wildman–Crippen MR) is 116 cm³/mol. The summed E-state index contributed by atoms with van der Waals surface area (Å²) in [4.78, 5) is 27.2. The number of amides is 2. The molecule has 160 valence electrons. The Kier molecular flexibility index (Phi) is 7.71. The van der Waals surface area contributed by atoms with Crippen LogP contribution in [0.25, 0.3) is 0 Å². The van der Waals surface area contributed by atoms with Gasteiger partial charge in [-0.3, -0.25) is 9.59 Å². The zero-order valence-corrected chi connectivity index (χ0v) is 17.7. The maximum absolute atomic E-state index is 12.7. The molecule has 0 unspecified atom stereocenters. The second-order valence-electron chi connectivity index (χ2n) is 7.37. The van der Waals surface area contributed by atoms with Crippen molar-refractivity contribution in [3.05, 3.63) is 59.7 Å². The molecule has 0 spiro atoms. The normalized spacial score (nSPS) is 14.3. The number of hydrogen-bond donors (Lipinski definition) is 1. The van der Waals surface area contributed by atoms with Crippen molar-refractivity contribution in [2.45, 2.75) is 39.2 Å². The molecule has 1 aliphatic heterocycles. The van der Waals surface area contributed by atoms with Gasteiger partial charge >= 0.3 is 0 Å². The molecule has 1 heterocycles. The van der Waals surface area contributed by atoms with Crippen LogP contribution < -0.4 is 14.8 Å². The molecular weight excluding hydrogens is 380 g/mol. The number of piperidine rings is 1. The first-order valence-corrected chi connectivity index (χ1v) is 10.7. The lowest BCUT2D eigenvalue weighted by Gasteiger charge is -2.32. The van der Waals surface area contributed by atoms with Crippen LogP contribution in [-0.2, 0) is 0 Å². The van der Waals surface area contributed by atoms with E-state index in [0.717, 1.165) is 25.0 Å². The maximum Gasteiger partial charge on any atom is 0.253 e. The molecule has 1 fully saturated rings. The summed E-state index contributed by atoms with van der Waals surface area (Å²) in [7, 11) is 0. The van der Waals surface area contributed by atoms with E-state index in [9.17, 15) is 9.59 Å². The van der Waals surface area contributed by atoms with Gasteiger partial charge in [0.1, 0.15) is 11.5 Å². The number of hydrogen-bond acceptors (Lipinski definition) is 4. The van der Waals surface area contributed by atoms with E-state index in [0.29, 0.717) is 43.2 Å². The molecule has 6 nitrogen and oxygen atoms in total. The van der Waals surface area contributed by atoms with Crippen molar-refractivity contribution in [3.8, 4) is 11.5 Å². The van der Waals surface area contributed by atoms with Crippen LogP contribution >= 0.6 is 0 Å². The Hall–Kier alpha value is -3.02. The Morgan fingerprint density at radius 1 is 0.967 bits per heavy atom. The second-order valence-corrected chi connectivity index (χ2v) is 7.37. The van der Waals surface area contributed by atoms with Gasteiger partial charge in [0.15, 0.2) is 0 Å². The number of benzene rings is 2.